The Bertz CT molecular complexity index is 1340. The predicted molar refractivity (Wildman–Crippen MR) is 117 cm³/mol. The molecule has 31 heavy (non-hydrogen) atoms. The number of rotatable bonds is 6. The van der Waals surface area contributed by atoms with Gasteiger partial charge in [0.2, 0.25) is 0 Å². The highest BCUT2D eigenvalue weighted by atomic mass is 32.2. The molecule has 11 heteroatoms. The minimum absolute atomic E-state index is 0.195. The van der Waals surface area contributed by atoms with Crippen LogP contribution in [0, 0.1) is 20.8 Å². The number of hydrogen-bond acceptors (Lipinski definition) is 7. The number of sulfonamides is 1. The van der Waals surface area contributed by atoms with Crippen LogP contribution >= 0.6 is 0 Å². The lowest BCUT2D eigenvalue weighted by Crippen LogP contribution is -2.14. The van der Waals surface area contributed by atoms with Crippen molar-refractivity contribution in [1.82, 2.24) is 29.3 Å². The van der Waals surface area contributed by atoms with E-state index in [-0.39, 0.29) is 4.90 Å². The molecule has 1 aromatic carbocycles. The normalized spacial score (nSPS) is 11.5. The molecule has 0 unspecified atom stereocenters. The summed E-state index contributed by atoms with van der Waals surface area (Å²) < 4.78 is 31.6. The molecule has 0 spiro atoms. The number of imidazole rings is 1. The Morgan fingerprint density at radius 3 is 2.29 bits per heavy atom. The second-order valence-electron chi connectivity index (χ2n) is 7.04. The minimum atomic E-state index is -3.74. The highest BCUT2D eigenvalue weighted by Gasteiger charge is 2.23. The van der Waals surface area contributed by atoms with Gasteiger partial charge in [-0.2, -0.15) is 5.10 Å². The molecule has 0 radical (unpaired) electrons. The van der Waals surface area contributed by atoms with Crippen molar-refractivity contribution < 1.29 is 8.42 Å². The zero-order valence-electron chi connectivity index (χ0n) is 17.5. The number of aromatic nitrogens is 6. The van der Waals surface area contributed by atoms with Gasteiger partial charge >= 0.3 is 0 Å². The molecule has 0 atom stereocenters. The lowest BCUT2D eigenvalue weighted by molar-refractivity contribution is 0.599. The summed E-state index contributed by atoms with van der Waals surface area (Å²) in [5, 5.41) is 7.37. The van der Waals surface area contributed by atoms with Gasteiger partial charge < -0.3 is 5.32 Å². The lowest BCUT2D eigenvalue weighted by atomic mass is 10.3. The van der Waals surface area contributed by atoms with Gasteiger partial charge in [0.1, 0.15) is 28.7 Å². The van der Waals surface area contributed by atoms with Crippen molar-refractivity contribution in [3.05, 3.63) is 66.3 Å². The van der Waals surface area contributed by atoms with E-state index >= 15 is 0 Å². The van der Waals surface area contributed by atoms with E-state index < -0.39 is 10.0 Å². The van der Waals surface area contributed by atoms with Crippen LogP contribution in [0.25, 0.3) is 5.82 Å². The summed E-state index contributed by atoms with van der Waals surface area (Å²) in [4.78, 5) is 12.9. The Labute approximate surface area is 180 Å². The first-order chi connectivity index (χ1) is 14.7. The van der Waals surface area contributed by atoms with Crippen LogP contribution in [-0.2, 0) is 17.1 Å². The molecule has 0 aliphatic carbocycles. The van der Waals surface area contributed by atoms with Gasteiger partial charge in [-0.1, -0.05) is 0 Å². The Hall–Kier alpha value is -3.73. The summed E-state index contributed by atoms with van der Waals surface area (Å²) in [5.74, 6) is 2.12. The van der Waals surface area contributed by atoms with Gasteiger partial charge in [-0.15, -0.1) is 0 Å². The fraction of sp³-hybridized carbons (Fsp3) is 0.200. The largest absolute Gasteiger partial charge is 0.340 e. The smallest absolute Gasteiger partial charge is 0.265 e. The maximum absolute atomic E-state index is 12.8. The zero-order valence-corrected chi connectivity index (χ0v) is 18.3. The van der Waals surface area contributed by atoms with Gasteiger partial charge in [0.05, 0.1) is 11.4 Å². The maximum atomic E-state index is 12.8. The molecule has 4 aromatic rings. The first kappa shape index (κ1) is 20.5. The summed E-state index contributed by atoms with van der Waals surface area (Å²) in [6.07, 6.45) is 5.00. The summed E-state index contributed by atoms with van der Waals surface area (Å²) in [7, 11) is -2.03. The third kappa shape index (κ3) is 4.12. The van der Waals surface area contributed by atoms with E-state index in [4.69, 9.17) is 0 Å². The van der Waals surface area contributed by atoms with E-state index in [9.17, 15) is 8.42 Å². The van der Waals surface area contributed by atoms with Crippen LogP contribution in [0.5, 0.6) is 0 Å². The van der Waals surface area contributed by atoms with Crippen molar-refractivity contribution in [2.24, 2.45) is 7.05 Å². The first-order valence-corrected chi connectivity index (χ1v) is 11.0. The molecule has 2 N–H and O–H groups in total. The monoisotopic (exact) mass is 438 g/mol. The molecular weight excluding hydrogens is 416 g/mol. The van der Waals surface area contributed by atoms with Crippen LogP contribution in [0.15, 0.2) is 53.9 Å². The number of hydrogen-bond donors (Lipinski definition) is 2. The van der Waals surface area contributed by atoms with E-state index in [0.29, 0.717) is 28.7 Å². The molecule has 0 saturated heterocycles. The van der Waals surface area contributed by atoms with E-state index in [1.807, 2.05) is 17.7 Å². The number of anilines is 3. The Morgan fingerprint density at radius 2 is 1.68 bits per heavy atom. The third-order valence-electron chi connectivity index (χ3n) is 4.85. The van der Waals surface area contributed by atoms with Crippen molar-refractivity contribution in [1.29, 1.82) is 0 Å². The average Bonchev–Trinajstić information content (AvgIpc) is 3.26. The highest BCUT2D eigenvalue weighted by molar-refractivity contribution is 7.92. The fourth-order valence-electron chi connectivity index (χ4n) is 3.29. The summed E-state index contributed by atoms with van der Waals surface area (Å²) in [6.45, 7) is 5.29. The van der Waals surface area contributed by atoms with Crippen LogP contribution in [0.3, 0.4) is 0 Å². The number of benzene rings is 1. The molecule has 4 rings (SSSR count). The van der Waals surface area contributed by atoms with E-state index in [2.05, 4.69) is 30.1 Å². The van der Waals surface area contributed by atoms with Gasteiger partial charge in [-0.05, 0) is 45.0 Å². The van der Waals surface area contributed by atoms with Crippen LogP contribution in [0.4, 0.5) is 17.2 Å². The van der Waals surface area contributed by atoms with E-state index in [1.54, 1.807) is 62.1 Å². The van der Waals surface area contributed by atoms with Gasteiger partial charge in [-0.3, -0.25) is 14.0 Å². The van der Waals surface area contributed by atoms with Crippen LogP contribution < -0.4 is 10.0 Å². The number of nitrogens with zero attached hydrogens (tertiary/aromatic N) is 6. The number of nitrogens with one attached hydrogen (secondary N) is 2. The van der Waals surface area contributed by atoms with Crippen LogP contribution in [0.2, 0.25) is 0 Å². The minimum Gasteiger partial charge on any atom is -0.340 e. The highest BCUT2D eigenvalue weighted by Crippen LogP contribution is 2.24. The first-order valence-electron chi connectivity index (χ1n) is 9.47. The Kier molecular flexibility index (Phi) is 5.19. The molecule has 0 fully saturated rings. The quantitative estimate of drug-likeness (QED) is 0.475. The molecule has 0 amide bonds. The average molecular weight is 439 g/mol. The predicted octanol–water partition coefficient (Wildman–Crippen LogP) is 2.87. The SMILES string of the molecule is Cc1nn(C)c(C)c1S(=O)(=O)Nc1ccc(Nc2cc(-n3ccnc3C)ncn2)cc1. The van der Waals surface area contributed by atoms with Crippen molar-refractivity contribution >= 4 is 27.2 Å². The molecule has 0 bridgehead atoms. The molecule has 0 aliphatic rings. The Morgan fingerprint density at radius 1 is 0.968 bits per heavy atom. The van der Waals surface area contributed by atoms with Crippen molar-refractivity contribution in [3.63, 3.8) is 0 Å². The van der Waals surface area contributed by atoms with E-state index in [0.717, 1.165) is 11.5 Å². The third-order valence-corrected chi connectivity index (χ3v) is 6.48. The molecule has 10 nitrogen and oxygen atoms in total. The molecular formula is C20H22N8O2S. The zero-order chi connectivity index (χ0) is 22.2. The summed E-state index contributed by atoms with van der Waals surface area (Å²) in [6, 6.07) is 8.71. The van der Waals surface area contributed by atoms with Crippen LogP contribution in [0.1, 0.15) is 17.2 Å². The van der Waals surface area contributed by atoms with Crippen molar-refractivity contribution in [2.75, 3.05) is 10.0 Å². The van der Waals surface area contributed by atoms with Gasteiger partial charge in [0.25, 0.3) is 10.0 Å². The van der Waals surface area contributed by atoms with Gasteiger partial charge in [0.15, 0.2) is 0 Å². The second kappa shape index (κ2) is 7.84. The van der Waals surface area contributed by atoms with Gasteiger partial charge in [-0.25, -0.2) is 23.4 Å². The standard InChI is InChI=1S/C20H22N8O2S/c1-13-20(14(2)27(4)25-13)31(29,30)26-17-7-5-16(6-8-17)24-18-11-19(23-12-22-18)28-10-9-21-15(28)3/h5-12,26H,1-4H3,(H,22,23,24). The summed E-state index contributed by atoms with van der Waals surface area (Å²) in [5.41, 5.74) is 2.24. The van der Waals surface area contributed by atoms with Crippen LogP contribution in [-0.4, -0.2) is 37.7 Å². The Balaban J connectivity index is 1.51. The lowest BCUT2D eigenvalue weighted by Gasteiger charge is -2.11. The van der Waals surface area contributed by atoms with Crippen molar-refractivity contribution in [2.45, 2.75) is 25.7 Å². The van der Waals surface area contributed by atoms with Crippen molar-refractivity contribution in [3.8, 4) is 5.82 Å². The van der Waals surface area contributed by atoms with Gasteiger partial charge in [0, 0.05) is 36.9 Å². The molecule has 3 heterocycles. The summed E-state index contributed by atoms with van der Waals surface area (Å²) >= 11 is 0. The fourth-order valence-corrected chi connectivity index (χ4v) is 4.79. The molecule has 0 saturated carbocycles. The number of aryl methyl sites for hydroxylation is 3. The van der Waals surface area contributed by atoms with E-state index in [1.165, 1.54) is 6.33 Å². The second-order valence-corrected chi connectivity index (χ2v) is 8.66. The molecule has 160 valence electrons. The molecule has 3 aromatic heterocycles. The molecule has 0 aliphatic heterocycles. The maximum Gasteiger partial charge on any atom is 0.265 e. The topological polar surface area (TPSA) is 120 Å².